The van der Waals surface area contributed by atoms with Gasteiger partial charge in [-0.2, -0.15) is 0 Å². The lowest BCUT2D eigenvalue weighted by Crippen LogP contribution is -2.38. The van der Waals surface area contributed by atoms with Gasteiger partial charge >= 0.3 is 0 Å². The summed E-state index contributed by atoms with van der Waals surface area (Å²) in [4.78, 5) is 6.87. The molecule has 0 radical (unpaired) electrons. The van der Waals surface area contributed by atoms with Gasteiger partial charge in [-0.25, -0.2) is 0 Å². The zero-order chi connectivity index (χ0) is 16.1. The van der Waals surface area contributed by atoms with E-state index in [2.05, 4.69) is 49.8 Å². The number of rotatable bonds is 12. The average molecular weight is 299 g/mol. The third kappa shape index (κ3) is 12.7. The molecule has 0 aliphatic carbocycles. The van der Waals surface area contributed by atoms with Crippen LogP contribution in [0.25, 0.3) is 0 Å². The van der Waals surface area contributed by atoms with Crippen LogP contribution in [0.3, 0.4) is 0 Å². The number of aliphatic imine (C=N–C) groups is 1. The Hall–Kier alpha value is -0.770. The molecule has 1 unspecified atom stereocenters. The lowest BCUT2D eigenvalue weighted by molar-refractivity contribution is 0.297. The summed E-state index contributed by atoms with van der Waals surface area (Å²) in [7, 11) is 0. The largest absolute Gasteiger partial charge is 0.370 e. The minimum atomic E-state index is 0.420. The van der Waals surface area contributed by atoms with Crippen molar-refractivity contribution in [2.24, 2.45) is 16.6 Å². The molecule has 4 heteroatoms. The molecule has 0 aliphatic rings. The van der Waals surface area contributed by atoms with Gasteiger partial charge in [0, 0.05) is 12.6 Å². The van der Waals surface area contributed by atoms with Crippen molar-refractivity contribution in [3.05, 3.63) is 0 Å². The second-order valence-electron chi connectivity index (χ2n) is 6.37. The van der Waals surface area contributed by atoms with E-state index < -0.39 is 0 Å². The number of hydrogen-bond donors (Lipinski definition) is 2. The van der Waals surface area contributed by atoms with E-state index in [9.17, 15) is 0 Å². The van der Waals surface area contributed by atoms with Crippen molar-refractivity contribution in [2.75, 3.05) is 26.2 Å². The van der Waals surface area contributed by atoms with Crippen LogP contribution in [0.15, 0.2) is 4.99 Å². The lowest BCUT2D eigenvalue weighted by Gasteiger charge is -2.17. The number of nitrogens with zero attached hydrogens (tertiary/aromatic N) is 2. The summed E-state index contributed by atoms with van der Waals surface area (Å²) in [6, 6.07) is 0.420. The predicted molar refractivity (Wildman–Crippen MR) is 94.8 cm³/mol. The molecule has 0 amide bonds. The Morgan fingerprint density at radius 3 is 2.29 bits per heavy atom. The third-order valence-corrected chi connectivity index (χ3v) is 3.87. The number of nitrogens with two attached hydrogens (primary N) is 1. The first-order valence-corrected chi connectivity index (χ1v) is 8.78. The van der Waals surface area contributed by atoms with Gasteiger partial charge in [-0.05, 0) is 51.7 Å². The van der Waals surface area contributed by atoms with Crippen molar-refractivity contribution in [2.45, 2.75) is 72.8 Å². The number of guanidine groups is 1. The molecule has 0 aliphatic heterocycles. The Balaban J connectivity index is 3.68. The number of hydrogen-bond acceptors (Lipinski definition) is 2. The molecule has 4 nitrogen and oxygen atoms in total. The van der Waals surface area contributed by atoms with Gasteiger partial charge in [0.05, 0.1) is 0 Å². The fourth-order valence-corrected chi connectivity index (χ4v) is 2.39. The van der Waals surface area contributed by atoms with Crippen LogP contribution >= 0.6 is 0 Å². The van der Waals surface area contributed by atoms with E-state index in [0.29, 0.717) is 12.0 Å². The highest BCUT2D eigenvalue weighted by Crippen LogP contribution is 2.07. The maximum absolute atomic E-state index is 5.93. The van der Waals surface area contributed by atoms with Crippen LogP contribution in [0, 0.1) is 5.92 Å². The SMILES string of the molecule is CCN(CC)CCCCN=C(N)NC(C)CCCC(C)C. The van der Waals surface area contributed by atoms with Crippen molar-refractivity contribution in [1.82, 2.24) is 10.2 Å². The van der Waals surface area contributed by atoms with Gasteiger partial charge in [0.25, 0.3) is 0 Å². The first-order valence-electron chi connectivity index (χ1n) is 8.78. The highest BCUT2D eigenvalue weighted by atomic mass is 15.1. The molecule has 0 saturated heterocycles. The van der Waals surface area contributed by atoms with Crippen LogP contribution in [0.1, 0.15) is 66.7 Å². The molecule has 3 N–H and O–H groups in total. The van der Waals surface area contributed by atoms with Crippen molar-refractivity contribution in [3.63, 3.8) is 0 Å². The summed E-state index contributed by atoms with van der Waals surface area (Å²) in [6.07, 6.45) is 6.01. The summed E-state index contributed by atoms with van der Waals surface area (Å²) >= 11 is 0. The molecular formula is C17H38N4. The second kappa shape index (κ2) is 12.9. The smallest absolute Gasteiger partial charge is 0.188 e. The fraction of sp³-hybridized carbons (Fsp3) is 0.941. The summed E-state index contributed by atoms with van der Waals surface area (Å²) < 4.78 is 0. The molecular weight excluding hydrogens is 260 g/mol. The second-order valence-corrected chi connectivity index (χ2v) is 6.37. The molecule has 126 valence electrons. The van der Waals surface area contributed by atoms with Gasteiger partial charge in [-0.15, -0.1) is 0 Å². The summed E-state index contributed by atoms with van der Waals surface area (Å²) in [5.74, 6) is 1.39. The van der Waals surface area contributed by atoms with Gasteiger partial charge < -0.3 is 16.0 Å². The van der Waals surface area contributed by atoms with Crippen LogP contribution in [-0.2, 0) is 0 Å². The van der Waals surface area contributed by atoms with Gasteiger partial charge in [0.15, 0.2) is 5.96 Å². The highest BCUT2D eigenvalue weighted by Gasteiger charge is 2.03. The summed E-state index contributed by atoms with van der Waals surface area (Å²) in [6.45, 7) is 15.4. The Bertz CT molecular complexity index is 260. The van der Waals surface area contributed by atoms with Gasteiger partial charge in [0.2, 0.25) is 0 Å². The van der Waals surface area contributed by atoms with Crippen LogP contribution < -0.4 is 11.1 Å². The molecule has 0 aromatic heterocycles. The molecule has 0 aromatic rings. The van der Waals surface area contributed by atoms with E-state index in [0.717, 1.165) is 38.4 Å². The Morgan fingerprint density at radius 2 is 1.71 bits per heavy atom. The summed E-state index contributed by atoms with van der Waals surface area (Å²) in [5.41, 5.74) is 5.93. The molecule has 0 aromatic carbocycles. The maximum atomic E-state index is 5.93. The highest BCUT2D eigenvalue weighted by molar-refractivity contribution is 5.78. The minimum Gasteiger partial charge on any atom is -0.370 e. The van der Waals surface area contributed by atoms with E-state index >= 15 is 0 Å². The molecule has 0 saturated carbocycles. The third-order valence-electron chi connectivity index (χ3n) is 3.87. The van der Waals surface area contributed by atoms with Crippen molar-refractivity contribution in [3.8, 4) is 0 Å². The number of nitrogens with one attached hydrogen (secondary N) is 1. The fourth-order valence-electron chi connectivity index (χ4n) is 2.39. The Labute approximate surface area is 132 Å². The van der Waals surface area contributed by atoms with Crippen LogP contribution in [0.4, 0.5) is 0 Å². The molecule has 0 rings (SSSR count). The normalized spacial score (nSPS) is 14.0. The molecule has 0 spiro atoms. The van der Waals surface area contributed by atoms with E-state index in [4.69, 9.17) is 5.73 Å². The maximum Gasteiger partial charge on any atom is 0.188 e. The molecule has 21 heavy (non-hydrogen) atoms. The van der Waals surface area contributed by atoms with E-state index in [1.165, 1.54) is 25.8 Å². The van der Waals surface area contributed by atoms with E-state index in [1.807, 2.05) is 0 Å². The minimum absolute atomic E-state index is 0.420. The first-order chi connectivity index (χ1) is 9.99. The predicted octanol–water partition coefficient (Wildman–Crippen LogP) is 3.23. The Morgan fingerprint density at radius 1 is 1.05 bits per heavy atom. The standard InChI is InChI=1S/C17H38N4/c1-6-21(7-2)14-9-8-13-19-17(18)20-16(5)12-10-11-15(3)4/h15-16H,6-14H2,1-5H3,(H3,18,19,20). The molecule has 0 bridgehead atoms. The molecule has 0 heterocycles. The van der Waals surface area contributed by atoms with Gasteiger partial charge in [0.1, 0.15) is 0 Å². The van der Waals surface area contributed by atoms with Crippen LogP contribution in [-0.4, -0.2) is 43.1 Å². The Kier molecular flexibility index (Phi) is 12.5. The lowest BCUT2D eigenvalue weighted by atomic mass is 10.0. The van der Waals surface area contributed by atoms with Crippen LogP contribution in [0.2, 0.25) is 0 Å². The quantitative estimate of drug-likeness (QED) is 0.330. The monoisotopic (exact) mass is 298 g/mol. The van der Waals surface area contributed by atoms with E-state index in [-0.39, 0.29) is 0 Å². The first kappa shape index (κ1) is 20.2. The van der Waals surface area contributed by atoms with Gasteiger partial charge in [-0.1, -0.05) is 40.5 Å². The van der Waals surface area contributed by atoms with Gasteiger partial charge in [-0.3, -0.25) is 4.99 Å². The number of unbranched alkanes of at least 4 members (excludes halogenated alkanes) is 1. The van der Waals surface area contributed by atoms with Crippen molar-refractivity contribution >= 4 is 5.96 Å². The van der Waals surface area contributed by atoms with Crippen molar-refractivity contribution < 1.29 is 0 Å². The zero-order valence-electron chi connectivity index (χ0n) is 15.0. The van der Waals surface area contributed by atoms with Crippen LogP contribution in [0.5, 0.6) is 0 Å². The van der Waals surface area contributed by atoms with E-state index in [1.54, 1.807) is 0 Å². The summed E-state index contributed by atoms with van der Waals surface area (Å²) in [5, 5.41) is 3.29. The zero-order valence-corrected chi connectivity index (χ0v) is 15.0. The average Bonchev–Trinajstić information content (AvgIpc) is 2.42. The van der Waals surface area contributed by atoms with Crippen molar-refractivity contribution in [1.29, 1.82) is 0 Å². The molecule has 1 atom stereocenters. The molecule has 0 fully saturated rings. The topological polar surface area (TPSA) is 53.6 Å².